The second-order valence-corrected chi connectivity index (χ2v) is 13.3. The Labute approximate surface area is 282 Å². The minimum atomic E-state index is -0.313. The highest BCUT2D eigenvalue weighted by Gasteiger charge is 2.43. The Morgan fingerprint density at radius 3 is 2.51 bits per heavy atom. The number of imide groups is 1. The van der Waals surface area contributed by atoms with Gasteiger partial charge in [-0.25, -0.2) is 19.7 Å². The van der Waals surface area contributed by atoms with Crippen molar-refractivity contribution in [3.05, 3.63) is 83.5 Å². The maximum atomic E-state index is 12.9. The van der Waals surface area contributed by atoms with Crippen molar-refractivity contribution < 1.29 is 19.5 Å². The van der Waals surface area contributed by atoms with Gasteiger partial charge in [0.25, 0.3) is 6.47 Å². The summed E-state index contributed by atoms with van der Waals surface area (Å²) in [4.78, 5) is 58.1. The van der Waals surface area contributed by atoms with E-state index in [9.17, 15) is 9.59 Å². The van der Waals surface area contributed by atoms with Crippen LogP contribution in [0.15, 0.2) is 55.0 Å². The van der Waals surface area contributed by atoms with Crippen LogP contribution in [0.4, 0.5) is 21.9 Å². The number of carbonyl (C=O) groups excluding carboxylic acids is 2. The first-order chi connectivity index (χ1) is 23.8. The quantitative estimate of drug-likeness (QED) is 0.171. The highest BCUT2D eigenvalue weighted by atomic mass is 16.3. The van der Waals surface area contributed by atoms with Crippen LogP contribution in [0.25, 0.3) is 16.6 Å². The van der Waals surface area contributed by atoms with Crippen LogP contribution in [0.3, 0.4) is 0 Å². The third-order valence-corrected chi connectivity index (χ3v) is 9.92. The molecule has 5 aromatic rings. The summed E-state index contributed by atoms with van der Waals surface area (Å²) in [5, 5.41) is 11.6. The van der Waals surface area contributed by atoms with E-state index in [0.29, 0.717) is 35.6 Å². The van der Waals surface area contributed by atoms with E-state index in [4.69, 9.17) is 24.9 Å². The summed E-state index contributed by atoms with van der Waals surface area (Å²) in [5.41, 5.74) is 8.71. The molecule has 0 spiro atoms. The molecule has 3 amide bonds. The maximum absolute atomic E-state index is 12.9. The number of aromatic nitrogens is 5. The van der Waals surface area contributed by atoms with Crippen LogP contribution >= 0.6 is 0 Å². The van der Waals surface area contributed by atoms with E-state index in [-0.39, 0.29) is 25.0 Å². The van der Waals surface area contributed by atoms with Crippen molar-refractivity contribution in [2.45, 2.75) is 56.9 Å². The number of nitrogens with one attached hydrogen (secondary N) is 1. The highest BCUT2D eigenvalue weighted by molar-refractivity contribution is 6.13. The summed E-state index contributed by atoms with van der Waals surface area (Å²) < 4.78 is 2.01. The van der Waals surface area contributed by atoms with Crippen molar-refractivity contribution >= 4 is 52.0 Å². The molecule has 4 fully saturated rings. The van der Waals surface area contributed by atoms with Crippen LogP contribution in [0.2, 0.25) is 0 Å². The molecule has 13 heteroatoms. The van der Waals surface area contributed by atoms with Gasteiger partial charge >= 0.3 is 6.03 Å². The molecule has 9 rings (SSSR count). The molecule has 4 aliphatic rings. The van der Waals surface area contributed by atoms with E-state index in [1.165, 1.54) is 29.6 Å². The van der Waals surface area contributed by atoms with Crippen LogP contribution in [-0.4, -0.2) is 79.4 Å². The van der Waals surface area contributed by atoms with E-state index in [1.807, 2.05) is 35.9 Å². The Bertz CT molecular complexity index is 2120. The number of amides is 3. The number of aryl methyl sites for hydroxylation is 1. The fraction of sp³-hybridized carbons (Fsp3) is 0.361. The van der Waals surface area contributed by atoms with Crippen molar-refractivity contribution in [2.75, 3.05) is 41.8 Å². The first kappa shape index (κ1) is 30.7. The summed E-state index contributed by atoms with van der Waals surface area (Å²) in [7, 11) is 1.53. The number of rotatable bonds is 8. The molecule has 6 heterocycles. The molecule has 0 radical (unpaired) electrons. The number of hydrogen-bond acceptors (Lipinski definition) is 9. The Kier molecular flexibility index (Phi) is 7.61. The van der Waals surface area contributed by atoms with Gasteiger partial charge in [0.2, 0.25) is 5.91 Å². The molecule has 2 saturated heterocycles. The Morgan fingerprint density at radius 2 is 1.82 bits per heavy atom. The second kappa shape index (κ2) is 12.1. The number of likely N-dealkylation sites (N-methyl/N-ethyl adjacent to an activating group) is 1. The standard InChI is InChI=1S/C35H35N9O2.CH2O2/c1-20-8-9-36-33(38-20)27-14-26(27)29-15-30(42-10-3-11-42)25-7-6-23(13-28(25)40-29)37-16-24-18-43-17-22(21-4-5-21)12-31(34(43)39-24)44-19-32(45)41(2)35(44)46;2-1-3/h6-9,12-13,15,17-18,21,26-27,37H,3-5,10-11,14,16,19H2,1-2H3;1H,(H,2,3)/t26-,27-;/m0./s1. The number of urea groups is 1. The number of fused-ring (bicyclic) bond motifs is 2. The van der Waals surface area contributed by atoms with Crippen LogP contribution in [-0.2, 0) is 16.1 Å². The van der Waals surface area contributed by atoms with E-state index < -0.39 is 0 Å². The molecular weight excluding hydrogens is 622 g/mol. The minimum Gasteiger partial charge on any atom is -0.483 e. The lowest BCUT2D eigenvalue weighted by atomic mass is 10.1. The van der Waals surface area contributed by atoms with E-state index in [1.54, 1.807) is 4.90 Å². The van der Waals surface area contributed by atoms with E-state index >= 15 is 0 Å². The van der Waals surface area contributed by atoms with E-state index in [2.05, 4.69) is 45.7 Å². The smallest absolute Gasteiger partial charge is 0.331 e. The average Bonchev–Trinajstić information content (AvgIpc) is 4.00. The van der Waals surface area contributed by atoms with Crippen LogP contribution < -0.4 is 15.1 Å². The zero-order valence-corrected chi connectivity index (χ0v) is 27.4. The molecule has 2 aliphatic carbocycles. The lowest BCUT2D eigenvalue weighted by molar-refractivity contribution is -0.124. The van der Waals surface area contributed by atoms with E-state index in [0.717, 1.165) is 71.8 Å². The SMILES string of the molecule is Cc1ccnc([C@H]2C[C@@H]2c2cc(N3CCC3)c3ccc(NCc4cn5cc(C6CC6)cc(N6CC(=O)N(C)C6=O)c5n4)cc3n2)n1.O=CO. The maximum Gasteiger partial charge on any atom is 0.331 e. The molecule has 2 atom stereocenters. The van der Waals surface area contributed by atoms with Crippen molar-refractivity contribution in [1.82, 2.24) is 29.2 Å². The van der Waals surface area contributed by atoms with Gasteiger partial charge in [-0.15, -0.1) is 0 Å². The number of carbonyl (C=O) groups is 3. The van der Waals surface area contributed by atoms with Crippen LogP contribution in [0.1, 0.15) is 71.9 Å². The lowest BCUT2D eigenvalue weighted by Gasteiger charge is -2.34. The number of pyridine rings is 2. The van der Waals surface area contributed by atoms with Gasteiger partial charge in [-0.3, -0.25) is 24.4 Å². The molecule has 0 bridgehead atoms. The lowest BCUT2D eigenvalue weighted by Crippen LogP contribution is -2.37. The second-order valence-electron chi connectivity index (χ2n) is 13.3. The molecular formula is C36H37N9O4. The first-order valence-corrected chi connectivity index (χ1v) is 16.7. The molecule has 0 unspecified atom stereocenters. The van der Waals surface area contributed by atoms with Gasteiger partial charge in [0, 0.05) is 78.7 Å². The topological polar surface area (TPSA) is 149 Å². The number of anilines is 3. The third kappa shape index (κ3) is 5.79. The highest BCUT2D eigenvalue weighted by Crippen LogP contribution is 2.54. The minimum absolute atomic E-state index is 0.0324. The molecule has 2 aliphatic heterocycles. The Balaban J connectivity index is 0.00000112. The number of nitrogens with zero attached hydrogens (tertiary/aromatic N) is 8. The number of benzene rings is 1. The summed E-state index contributed by atoms with van der Waals surface area (Å²) in [6, 6.07) is 12.4. The molecule has 4 aromatic heterocycles. The van der Waals surface area contributed by atoms with Gasteiger partial charge in [-0.2, -0.15) is 0 Å². The van der Waals surface area contributed by atoms with Crippen LogP contribution in [0, 0.1) is 6.92 Å². The number of imidazole rings is 1. The third-order valence-electron chi connectivity index (χ3n) is 9.92. The Hall–Kier alpha value is -5.59. The zero-order valence-electron chi connectivity index (χ0n) is 27.4. The summed E-state index contributed by atoms with van der Waals surface area (Å²) >= 11 is 0. The number of carboxylic acid groups (broad SMARTS) is 1. The monoisotopic (exact) mass is 659 g/mol. The predicted molar refractivity (Wildman–Crippen MR) is 184 cm³/mol. The Morgan fingerprint density at radius 1 is 1.00 bits per heavy atom. The summed E-state index contributed by atoms with van der Waals surface area (Å²) in [6.07, 6.45) is 10.5. The predicted octanol–water partition coefficient (Wildman–Crippen LogP) is 5.05. The molecule has 250 valence electrons. The van der Waals surface area contributed by atoms with Crippen molar-refractivity contribution in [3.63, 3.8) is 0 Å². The average molecular weight is 660 g/mol. The van der Waals surface area contributed by atoms with Gasteiger partial charge in [-0.05, 0) is 80.5 Å². The first-order valence-electron chi connectivity index (χ1n) is 16.7. The summed E-state index contributed by atoms with van der Waals surface area (Å²) in [5.74, 6) is 1.84. The summed E-state index contributed by atoms with van der Waals surface area (Å²) in [6.45, 7) is 4.44. The number of hydrogen-bond donors (Lipinski definition) is 2. The molecule has 1 aromatic carbocycles. The van der Waals surface area contributed by atoms with Crippen LogP contribution in [0.5, 0.6) is 0 Å². The van der Waals surface area contributed by atoms with Crippen molar-refractivity contribution in [1.29, 1.82) is 0 Å². The van der Waals surface area contributed by atoms with Gasteiger partial charge in [0.1, 0.15) is 12.4 Å². The molecule has 13 nitrogen and oxygen atoms in total. The van der Waals surface area contributed by atoms with Gasteiger partial charge < -0.3 is 19.7 Å². The fourth-order valence-electron chi connectivity index (χ4n) is 6.86. The molecule has 2 saturated carbocycles. The van der Waals surface area contributed by atoms with Gasteiger partial charge in [-0.1, -0.05) is 0 Å². The molecule has 2 N–H and O–H groups in total. The van der Waals surface area contributed by atoms with Crippen molar-refractivity contribution in [3.8, 4) is 0 Å². The largest absolute Gasteiger partial charge is 0.483 e. The van der Waals surface area contributed by atoms with Gasteiger partial charge in [0.05, 0.1) is 23.4 Å². The molecule has 49 heavy (non-hydrogen) atoms. The fourth-order valence-corrected chi connectivity index (χ4v) is 6.86. The zero-order chi connectivity index (χ0) is 33.8. The van der Waals surface area contributed by atoms with Gasteiger partial charge in [0.15, 0.2) is 5.65 Å². The normalized spacial score (nSPS) is 20.0. The van der Waals surface area contributed by atoms with Crippen molar-refractivity contribution in [2.24, 2.45) is 0 Å².